The van der Waals surface area contributed by atoms with Crippen molar-refractivity contribution >= 4 is 23.7 Å². The van der Waals surface area contributed by atoms with Crippen LogP contribution in [0.2, 0.25) is 0 Å². The third kappa shape index (κ3) is 26.2. The third-order valence-corrected chi connectivity index (χ3v) is 3.74. The van der Waals surface area contributed by atoms with Gasteiger partial charge in [-0.15, -0.1) is 0 Å². The lowest BCUT2D eigenvalue weighted by Crippen LogP contribution is -2.17. The van der Waals surface area contributed by atoms with Gasteiger partial charge in [0.1, 0.15) is 13.2 Å². The molecule has 0 rings (SSSR count). The lowest BCUT2D eigenvalue weighted by molar-refractivity contribution is -0.151. The maximum Gasteiger partial charge on any atom is 0.372 e. The Balaban J connectivity index is 3.16. The second-order valence-corrected chi connectivity index (χ2v) is 6.57. The van der Waals surface area contributed by atoms with E-state index in [9.17, 15) is 19.2 Å². The van der Waals surface area contributed by atoms with Crippen LogP contribution in [0, 0.1) is 0 Å². The quantitative estimate of drug-likeness (QED) is 0.0789. The van der Waals surface area contributed by atoms with Gasteiger partial charge in [-0.25, -0.2) is 9.59 Å². The monoisotopic (exact) mass is 512 g/mol. The minimum atomic E-state index is -1.57. The molecular weight excluding hydrogens is 476 g/mol. The van der Waals surface area contributed by atoms with Crippen molar-refractivity contribution in [1.29, 1.82) is 0 Å². The molecule has 0 saturated carbocycles. The minimum Gasteiger partial charge on any atom is -0.480 e. The molecule has 0 unspecified atom stereocenters. The predicted molar refractivity (Wildman–Crippen MR) is 116 cm³/mol. The van der Waals surface area contributed by atoms with Gasteiger partial charge in [-0.1, -0.05) is 0 Å². The number of rotatable bonds is 27. The van der Waals surface area contributed by atoms with E-state index in [2.05, 4.69) is 0 Å². The third-order valence-electron chi connectivity index (χ3n) is 3.74. The Morgan fingerprint density at radius 3 is 1.14 bits per heavy atom. The van der Waals surface area contributed by atoms with Crippen LogP contribution >= 0.6 is 0 Å². The topological polar surface area (TPSA) is 183 Å². The average Bonchev–Trinajstić information content (AvgIpc) is 2.82. The maximum atomic E-state index is 11.3. The minimum absolute atomic E-state index is 0.00757. The zero-order valence-electron chi connectivity index (χ0n) is 19.8. The summed E-state index contributed by atoms with van der Waals surface area (Å²) in [5.74, 6) is -4.27. The van der Waals surface area contributed by atoms with Crippen molar-refractivity contribution in [3.63, 3.8) is 0 Å². The SMILES string of the molecule is O=C(O)COCCOCCOCCOCCOCCOCCOCCOC(=O)CCC(=O)C(=O)O. The molecule has 0 aliphatic heterocycles. The van der Waals surface area contributed by atoms with Gasteiger partial charge >= 0.3 is 17.9 Å². The molecule has 0 aliphatic carbocycles. The van der Waals surface area contributed by atoms with E-state index in [-0.39, 0.29) is 39.3 Å². The summed E-state index contributed by atoms with van der Waals surface area (Å²) in [6, 6.07) is 0. The van der Waals surface area contributed by atoms with Gasteiger partial charge in [0.2, 0.25) is 5.78 Å². The first-order chi connectivity index (χ1) is 16.9. The van der Waals surface area contributed by atoms with Gasteiger partial charge in [0, 0.05) is 6.42 Å². The van der Waals surface area contributed by atoms with E-state index < -0.39 is 23.7 Å². The lowest BCUT2D eigenvalue weighted by atomic mass is 10.2. The normalized spacial score (nSPS) is 10.9. The molecule has 35 heavy (non-hydrogen) atoms. The molecule has 0 amide bonds. The number of carbonyl (C=O) groups excluding carboxylic acids is 2. The van der Waals surface area contributed by atoms with Gasteiger partial charge in [-0.05, 0) is 0 Å². The smallest absolute Gasteiger partial charge is 0.372 e. The number of carboxylic acids is 2. The highest BCUT2D eigenvalue weighted by Crippen LogP contribution is 1.95. The van der Waals surface area contributed by atoms with E-state index in [1.54, 1.807) is 0 Å². The number of hydrogen-bond donors (Lipinski definition) is 2. The molecule has 0 aromatic carbocycles. The van der Waals surface area contributed by atoms with Crippen molar-refractivity contribution in [2.75, 3.05) is 99.1 Å². The standard InChI is InChI=1S/C21H36O14/c22-18(21(26)27)1-2-20(25)35-16-15-33-12-11-31-8-7-29-4-3-28-5-6-30-9-10-32-13-14-34-17-19(23)24/h1-17H2,(H,23,24)(H,26,27). The van der Waals surface area contributed by atoms with Gasteiger partial charge in [-0.3, -0.25) is 9.59 Å². The van der Waals surface area contributed by atoms with Gasteiger partial charge in [0.25, 0.3) is 0 Å². The van der Waals surface area contributed by atoms with Gasteiger partial charge in [0.15, 0.2) is 0 Å². The van der Waals surface area contributed by atoms with Crippen molar-refractivity contribution in [1.82, 2.24) is 0 Å². The lowest BCUT2D eigenvalue weighted by Gasteiger charge is -2.08. The summed E-state index contributed by atoms with van der Waals surface area (Å²) < 4.78 is 41.4. The average molecular weight is 513 g/mol. The van der Waals surface area contributed by atoms with Crippen molar-refractivity contribution in [2.45, 2.75) is 12.8 Å². The molecule has 0 saturated heterocycles. The van der Waals surface area contributed by atoms with Crippen LogP contribution in [0.1, 0.15) is 12.8 Å². The van der Waals surface area contributed by atoms with Crippen LogP contribution in [0.25, 0.3) is 0 Å². The summed E-state index contributed by atoms with van der Waals surface area (Å²) in [6.45, 7) is 4.29. The molecule has 0 aliphatic rings. The molecule has 0 heterocycles. The predicted octanol–water partition coefficient (Wildman–Crippen LogP) is -0.836. The first-order valence-electron chi connectivity index (χ1n) is 11.1. The van der Waals surface area contributed by atoms with Crippen molar-refractivity contribution in [3.8, 4) is 0 Å². The van der Waals surface area contributed by atoms with Gasteiger partial charge < -0.3 is 48.1 Å². The summed E-state index contributed by atoms with van der Waals surface area (Å²) in [4.78, 5) is 42.7. The molecule has 0 spiro atoms. The Bertz CT molecular complexity index is 568. The zero-order valence-corrected chi connectivity index (χ0v) is 19.8. The Morgan fingerprint density at radius 2 is 0.800 bits per heavy atom. The largest absolute Gasteiger partial charge is 0.480 e. The Kier molecular flexibility index (Phi) is 23.3. The first-order valence-corrected chi connectivity index (χ1v) is 11.1. The number of carbonyl (C=O) groups is 4. The van der Waals surface area contributed by atoms with Crippen LogP contribution in [0.4, 0.5) is 0 Å². The van der Waals surface area contributed by atoms with Crippen LogP contribution in [0.15, 0.2) is 0 Å². The van der Waals surface area contributed by atoms with Gasteiger partial charge in [0.05, 0.1) is 92.3 Å². The van der Waals surface area contributed by atoms with Crippen LogP contribution in [-0.4, -0.2) is 133 Å². The summed E-state index contributed by atoms with van der Waals surface area (Å²) in [6.07, 6.45) is -0.669. The molecule has 14 heteroatoms. The molecule has 0 radical (unpaired) electrons. The molecule has 0 fully saturated rings. The number of carboxylic acid groups (broad SMARTS) is 2. The second kappa shape index (κ2) is 24.9. The van der Waals surface area contributed by atoms with Crippen molar-refractivity contribution < 1.29 is 67.3 Å². The van der Waals surface area contributed by atoms with Crippen molar-refractivity contribution in [2.24, 2.45) is 0 Å². The Labute approximate surface area is 203 Å². The molecule has 0 bridgehead atoms. The van der Waals surface area contributed by atoms with Crippen LogP contribution in [0.3, 0.4) is 0 Å². The first kappa shape index (κ1) is 32.8. The van der Waals surface area contributed by atoms with E-state index in [1.807, 2.05) is 0 Å². The highest BCUT2D eigenvalue weighted by molar-refractivity contribution is 6.32. The molecule has 2 N–H and O–H groups in total. The molecule has 14 nitrogen and oxygen atoms in total. The molecule has 0 aromatic rings. The summed E-state index contributed by atoms with van der Waals surface area (Å²) in [7, 11) is 0. The highest BCUT2D eigenvalue weighted by atomic mass is 16.6. The molecular formula is C21H36O14. The number of Topliss-reactive ketones (excluding diaryl/α,β-unsaturated/α-hetero) is 1. The van der Waals surface area contributed by atoms with Crippen LogP contribution < -0.4 is 0 Å². The molecule has 0 aromatic heterocycles. The highest BCUT2D eigenvalue weighted by Gasteiger charge is 2.14. The Morgan fingerprint density at radius 1 is 0.457 bits per heavy atom. The maximum absolute atomic E-state index is 11.3. The van der Waals surface area contributed by atoms with E-state index >= 15 is 0 Å². The van der Waals surface area contributed by atoms with E-state index in [0.717, 1.165) is 0 Å². The van der Waals surface area contributed by atoms with E-state index in [0.29, 0.717) is 72.7 Å². The number of ketones is 1. The summed E-state index contributed by atoms with van der Waals surface area (Å²) in [5, 5.41) is 16.8. The van der Waals surface area contributed by atoms with E-state index in [1.165, 1.54) is 0 Å². The number of ether oxygens (including phenoxy) is 8. The molecule has 204 valence electrons. The summed E-state index contributed by atoms with van der Waals surface area (Å²) >= 11 is 0. The number of aliphatic carboxylic acids is 2. The van der Waals surface area contributed by atoms with Crippen LogP contribution in [-0.2, 0) is 57.1 Å². The van der Waals surface area contributed by atoms with Gasteiger partial charge in [-0.2, -0.15) is 0 Å². The number of hydrogen-bond acceptors (Lipinski definition) is 12. The van der Waals surface area contributed by atoms with Crippen molar-refractivity contribution in [3.05, 3.63) is 0 Å². The number of esters is 1. The molecule has 0 atom stereocenters. The fraction of sp³-hybridized carbons (Fsp3) is 0.810. The van der Waals surface area contributed by atoms with Crippen LogP contribution in [0.5, 0.6) is 0 Å². The summed E-state index contributed by atoms with van der Waals surface area (Å²) in [5.41, 5.74) is 0. The fourth-order valence-electron chi connectivity index (χ4n) is 2.09. The zero-order chi connectivity index (χ0) is 26.0. The second-order valence-electron chi connectivity index (χ2n) is 6.57. The fourth-order valence-corrected chi connectivity index (χ4v) is 2.09. The Hall–Kier alpha value is -2.20. The van der Waals surface area contributed by atoms with E-state index in [4.69, 9.17) is 48.1 Å².